The monoisotopic (exact) mass is 301 g/mol. The summed E-state index contributed by atoms with van der Waals surface area (Å²) in [5, 5.41) is 0. The molecule has 3 atom stereocenters. The molecular weight excluding hydrogens is 281 g/mol. The third-order valence-corrected chi connectivity index (χ3v) is 5.06. The molecule has 116 valence electrons. The zero-order valence-electron chi connectivity index (χ0n) is 12.8. The van der Waals surface area contributed by atoms with E-state index in [1.807, 2.05) is 11.8 Å². The average molecular weight is 301 g/mol. The predicted molar refractivity (Wildman–Crippen MR) is 80.2 cm³/mol. The topological polar surface area (TPSA) is 37.6 Å². The molecule has 4 nitrogen and oxygen atoms in total. The van der Waals surface area contributed by atoms with E-state index >= 15 is 0 Å². The summed E-state index contributed by atoms with van der Waals surface area (Å²) < 4.78 is 13.5. The lowest BCUT2D eigenvalue weighted by molar-refractivity contribution is -0.142. The second-order valence-electron chi connectivity index (χ2n) is 6.67. The van der Waals surface area contributed by atoms with Crippen LogP contribution in [-0.2, 0) is 4.79 Å². The summed E-state index contributed by atoms with van der Waals surface area (Å²) in [5.74, 6) is -0.315. The number of carbonyl (C=O) groups is 1. The molecule has 2 unspecified atom stereocenters. The van der Waals surface area contributed by atoms with Crippen molar-refractivity contribution in [2.75, 3.05) is 6.54 Å². The van der Waals surface area contributed by atoms with Gasteiger partial charge in [0.15, 0.2) is 0 Å². The Labute approximate surface area is 130 Å². The first-order chi connectivity index (χ1) is 10.5. The molecule has 0 aliphatic carbocycles. The van der Waals surface area contributed by atoms with Gasteiger partial charge in [-0.3, -0.25) is 9.78 Å². The van der Waals surface area contributed by atoms with Crippen LogP contribution in [0.3, 0.4) is 0 Å². The summed E-state index contributed by atoms with van der Waals surface area (Å²) in [5.41, 5.74) is 0.155. The lowest BCUT2D eigenvalue weighted by Crippen LogP contribution is -2.45. The van der Waals surface area contributed by atoms with Crippen molar-refractivity contribution in [3.8, 4) is 0 Å². The van der Waals surface area contributed by atoms with E-state index < -0.39 is 5.41 Å². The molecule has 2 aliphatic heterocycles. The Hall–Kier alpha value is -1.96. The van der Waals surface area contributed by atoms with E-state index in [4.69, 9.17) is 6.57 Å². The molecule has 0 bridgehead atoms. The number of amides is 1. The molecular formula is C17H20FN3O. The number of carbonyl (C=O) groups excluding carboxylic acids is 1. The molecule has 3 heterocycles. The number of hydrogen-bond acceptors (Lipinski definition) is 2. The Balaban J connectivity index is 1.95. The number of fused-ring (bicyclic) bond motifs is 1. The summed E-state index contributed by atoms with van der Waals surface area (Å²) in [4.78, 5) is 22.4. The Morgan fingerprint density at radius 2 is 2.27 bits per heavy atom. The zero-order valence-corrected chi connectivity index (χ0v) is 12.8. The first kappa shape index (κ1) is 15.0. The average Bonchev–Trinajstić information content (AvgIpc) is 2.85. The van der Waals surface area contributed by atoms with Crippen molar-refractivity contribution in [3.63, 3.8) is 0 Å². The van der Waals surface area contributed by atoms with Crippen molar-refractivity contribution >= 4 is 5.91 Å². The Morgan fingerprint density at radius 1 is 1.45 bits per heavy atom. The maximum absolute atomic E-state index is 13.5. The standard InChI is InChI=1S/C17H20FN3O/c1-17(11-19-2)7-3-4-14-5-6-15(21(14)16(17)22)12-8-13(18)10-20-9-12/h8-10,14-15H,3-7,11H2,1H3/t14?,15-,17?/m1/s1. The normalized spacial score (nSPS) is 31.5. The maximum atomic E-state index is 13.5. The summed E-state index contributed by atoms with van der Waals surface area (Å²) in [6.07, 6.45) is 7.32. The quantitative estimate of drug-likeness (QED) is 0.786. The van der Waals surface area contributed by atoms with E-state index in [0.29, 0.717) is 0 Å². The molecule has 2 aliphatic rings. The lowest BCUT2D eigenvalue weighted by atomic mass is 9.84. The third-order valence-electron chi connectivity index (χ3n) is 5.06. The minimum absolute atomic E-state index is 0.0535. The number of aromatic nitrogens is 1. The molecule has 0 spiro atoms. The number of nitrogens with zero attached hydrogens (tertiary/aromatic N) is 3. The van der Waals surface area contributed by atoms with E-state index in [9.17, 15) is 9.18 Å². The summed E-state index contributed by atoms with van der Waals surface area (Å²) in [6, 6.07) is 1.59. The SMILES string of the molecule is [C-]#[N+]CC1(C)CCCC2CC[C@H](c3cncc(F)c3)N2C1=O. The van der Waals surface area contributed by atoms with Crippen LogP contribution in [0.5, 0.6) is 0 Å². The molecule has 2 saturated heterocycles. The number of pyridine rings is 1. The summed E-state index contributed by atoms with van der Waals surface area (Å²) >= 11 is 0. The third kappa shape index (κ3) is 2.47. The fourth-order valence-electron chi connectivity index (χ4n) is 3.88. The minimum Gasteiger partial charge on any atom is -0.332 e. The van der Waals surface area contributed by atoms with Crippen molar-refractivity contribution in [2.24, 2.45) is 5.41 Å². The van der Waals surface area contributed by atoms with Gasteiger partial charge in [-0.1, -0.05) is 6.42 Å². The molecule has 22 heavy (non-hydrogen) atoms. The molecule has 3 rings (SSSR count). The van der Waals surface area contributed by atoms with Crippen LogP contribution in [0.1, 0.15) is 50.6 Å². The first-order valence-corrected chi connectivity index (χ1v) is 7.81. The largest absolute Gasteiger partial charge is 0.332 e. The van der Waals surface area contributed by atoms with Crippen molar-refractivity contribution in [1.82, 2.24) is 9.88 Å². The van der Waals surface area contributed by atoms with Gasteiger partial charge in [0, 0.05) is 12.2 Å². The van der Waals surface area contributed by atoms with Gasteiger partial charge >= 0.3 is 0 Å². The molecule has 0 aromatic carbocycles. The van der Waals surface area contributed by atoms with Crippen molar-refractivity contribution in [3.05, 3.63) is 41.3 Å². The number of hydrogen-bond donors (Lipinski definition) is 0. The van der Waals surface area contributed by atoms with Crippen LogP contribution >= 0.6 is 0 Å². The van der Waals surface area contributed by atoms with E-state index in [2.05, 4.69) is 9.83 Å². The van der Waals surface area contributed by atoms with Crippen LogP contribution in [-0.4, -0.2) is 28.4 Å². The summed E-state index contributed by atoms with van der Waals surface area (Å²) in [7, 11) is 0. The van der Waals surface area contributed by atoms with Gasteiger partial charge in [0.05, 0.1) is 12.2 Å². The molecule has 1 aromatic heterocycles. The van der Waals surface area contributed by atoms with Crippen LogP contribution < -0.4 is 0 Å². The lowest BCUT2D eigenvalue weighted by Gasteiger charge is -2.33. The molecule has 0 N–H and O–H groups in total. The smallest absolute Gasteiger partial charge is 0.236 e. The van der Waals surface area contributed by atoms with E-state index in [-0.39, 0.29) is 30.4 Å². The first-order valence-electron chi connectivity index (χ1n) is 7.81. The predicted octanol–water partition coefficient (Wildman–Crippen LogP) is 3.36. The van der Waals surface area contributed by atoms with Gasteiger partial charge in [-0.25, -0.2) is 11.0 Å². The highest BCUT2D eigenvalue weighted by molar-refractivity contribution is 5.84. The molecule has 0 radical (unpaired) electrons. The van der Waals surface area contributed by atoms with E-state index in [1.54, 1.807) is 6.20 Å². The fraction of sp³-hybridized carbons (Fsp3) is 0.588. The highest BCUT2D eigenvalue weighted by atomic mass is 19.1. The van der Waals surface area contributed by atoms with Crippen molar-refractivity contribution in [1.29, 1.82) is 0 Å². The van der Waals surface area contributed by atoms with Gasteiger partial charge in [0.2, 0.25) is 12.5 Å². The molecule has 0 saturated carbocycles. The van der Waals surface area contributed by atoms with Crippen LogP contribution in [0.4, 0.5) is 4.39 Å². The Bertz CT molecular complexity index is 627. The van der Waals surface area contributed by atoms with Gasteiger partial charge in [-0.05, 0) is 44.2 Å². The van der Waals surface area contributed by atoms with Crippen LogP contribution in [0, 0.1) is 17.8 Å². The zero-order chi connectivity index (χ0) is 15.7. The number of rotatable bonds is 2. The van der Waals surface area contributed by atoms with Gasteiger partial charge in [0.25, 0.3) is 0 Å². The summed E-state index contributed by atoms with van der Waals surface area (Å²) in [6.45, 7) is 9.27. The van der Waals surface area contributed by atoms with E-state index in [1.165, 1.54) is 12.3 Å². The molecule has 1 amide bonds. The molecule has 5 heteroatoms. The van der Waals surface area contributed by atoms with Crippen LogP contribution in [0.15, 0.2) is 18.5 Å². The second-order valence-corrected chi connectivity index (χ2v) is 6.67. The van der Waals surface area contributed by atoms with Crippen molar-refractivity contribution in [2.45, 2.75) is 51.1 Å². The van der Waals surface area contributed by atoms with Gasteiger partial charge in [-0.15, -0.1) is 0 Å². The van der Waals surface area contributed by atoms with Crippen molar-refractivity contribution < 1.29 is 9.18 Å². The van der Waals surface area contributed by atoms with E-state index in [0.717, 1.165) is 37.7 Å². The second kappa shape index (κ2) is 5.68. The van der Waals surface area contributed by atoms with Gasteiger partial charge < -0.3 is 9.74 Å². The highest BCUT2D eigenvalue weighted by Crippen LogP contribution is 2.44. The highest BCUT2D eigenvalue weighted by Gasteiger charge is 2.48. The molecule has 1 aromatic rings. The minimum atomic E-state index is -0.611. The van der Waals surface area contributed by atoms with Gasteiger partial charge in [0.1, 0.15) is 11.2 Å². The van der Waals surface area contributed by atoms with Gasteiger partial charge in [-0.2, -0.15) is 0 Å². The van der Waals surface area contributed by atoms with Crippen LogP contribution in [0.2, 0.25) is 0 Å². The Kier molecular flexibility index (Phi) is 3.86. The Morgan fingerprint density at radius 3 is 3.00 bits per heavy atom. The number of halogens is 1. The maximum Gasteiger partial charge on any atom is 0.236 e. The fourth-order valence-corrected chi connectivity index (χ4v) is 3.88. The van der Waals surface area contributed by atoms with Crippen LogP contribution in [0.25, 0.3) is 4.85 Å². The molecule has 2 fully saturated rings.